The van der Waals surface area contributed by atoms with E-state index in [1.54, 1.807) is 12.1 Å². The third kappa shape index (κ3) is 3.90. The van der Waals surface area contributed by atoms with Crippen LogP contribution in [0.3, 0.4) is 0 Å². The molecule has 5 rings (SSSR count). The van der Waals surface area contributed by atoms with E-state index in [4.69, 9.17) is 9.47 Å². The van der Waals surface area contributed by atoms with Gasteiger partial charge in [-0.1, -0.05) is 18.2 Å². The molecule has 4 heterocycles. The number of para-hydroxylation sites is 1. The number of piperidine rings is 1. The minimum atomic E-state index is -0.102. The molecule has 1 amide bonds. The van der Waals surface area contributed by atoms with Crippen LogP contribution in [-0.4, -0.2) is 78.0 Å². The standard InChI is InChI=1S/C23H32N2O4/c26-21-4-2-1-3-18(21)11-22(27)25-19-5-6-20(25)13-23(12-19)16-24(8-10-29-23)14-17-7-9-28-15-17/h1-4,17,19-20,26H,5-16H2/t17?,19-,20+,23?. The summed E-state index contributed by atoms with van der Waals surface area (Å²) >= 11 is 0. The Hall–Kier alpha value is -1.63. The van der Waals surface area contributed by atoms with Crippen molar-refractivity contribution < 1.29 is 19.4 Å². The van der Waals surface area contributed by atoms with Crippen LogP contribution < -0.4 is 0 Å². The van der Waals surface area contributed by atoms with Crippen LogP contribution in [0.1, 0.15) is 37.7 Å². The van der Waals surface area contributed by atoms with E-state index < -0.39 is 0 Å². The number of aromatic hydroxyl groups is 1. The lowest BCUT2D eigenvalue weighted by Crippen LogP contribution is -2.61. The summed E-state index contributed by atoms with van der Waals surface area (Å²) in [6.07, 6.45) is 5.46. The first-order valence-corrected chi connectivity index (χ1v) is 11.1. The highest BCUT2D eigenvalue weighted by Crippen LogP contribution is 2.44. The molecular formula is C23H32N2O4. The molecule has 29 heavy (non-hydrogen) atoms. The molecule has 4 aliphatic rings. The highest BCUT2D eigenvalue weighted by Gasteiger charge is 2.52. The molecule has 0 aromatic heterocycles. The lowest BCUT2D eigenvalue weighted by atomic mass is 9.84. The lowest BCUT2D eigenvalue weighted by Gasteiger charge is -2.51. The van der Waals surface area contributed by atoms with Crippen molar-refractivity contribution >= 4 is 5.91 Å². The molecule has 4 saturated heterocycles. The van der Waals surface area contributed by atoms with Crippen LogP contribution in [0.2, 0.25) is 0 Å². The Balaban J connectivity index is 1.24. The third-order valence-corrected chi connectivity index (χ3v) is 7.32. The summed E-state index contributed by atoms with van der Waals surface area (Å²) in [4.78, 5) is 17.8. The lowest BCUT2D eigenvalue weighted by molar-refractivity contribution is -0.162. The molecule has 1 aromatic rings. The van der Waals surface area contributed by atoms with Gasteiger partial charge in [-0.3, -0.25) is 9.69 Å². The first kappa shape index (κ1) is 19.3. The zero-order valence-corrected chi connectivity index (χ0v) is 17.1. The molecule has 4 aliphatic heterocycles. The number of phenols is 1. The highest BCUT2D eigenvalue weighted by atomic mass is 16.5. The maximum atomic E-state index is 13.1. The monoisotopic (exact) mass is 400 g/mol. The van der Waals surface area contributed by atoms with Gasteiger partial charge < -0.3 is 19.5 Å². The minimum absolute atomic E-state index is 0.102. The number of hydrogen-bond donors (Lipinski definition) is 1. The van der Waals surface area contributed by atoms with E-state index in [1.165, 1.54) is 6.42 Å². The Bertz CT molecular complexity index is 734. The number of carbonyl (C=O) groups excluding carboxylic acids is 1. The number of benzene rings is 1. The van der Waals surface area contributed by atoms with Crippen molar-refractivity contribution in [2.75, 3.05) is 39.5 Å². The van der Waals surface area contributed by atoms with E-state index >= 15 is 0 Å². The van der Waals surface area contributed by atoms with Gasteiger partial charge in [-0.05, 0) is 44.1 Å². The van der Waals surface area contributed by atoms with Crippen molar-refractivity contribution in [2.24, 2.45) is 5.92 Å². The number of morpholine rings is 1. The summed E-state index contributed by atoms with van der Waals surface area (Å²) in [5.74, 6) is 1.01. The molecule has 1 aromatic carbocycles. The Kier molecular flexibility index (Phi) is 5.26. The number of amides is 1. The van der Waals surface area contributed by atoms with Gasteiger partial charge in [0.05, 0.1) is 25.2 Å². The Morgan fingerprint density at radius 1 is 1.14 bits per heavy atom. The average Bonchev–Trinajstić information content (AvgIpc) is 3.30. The van der Waals surface area contributed by atoms with E-state index in [0.29, 0.717) is 5.92 Å². The van der Waals surface area contributed by atoms with E-state index in [-0.39, 0.29) is 35.8 Å². The summed E-state index contributed by atoms with van der Waals surface area (Å²) in [6.45, 7) is 5.68. The van der Waals surface area contributed by atoms with Crippen LogP contribution in [0.25, 0.3) is 0 Å². The van der Waals surface area contributed by atoms with E-state index in [0.717, 1.165) is 70.7 Å². The second-order valence-electron chi connectivity index (χ2n) is 9.40. The van der Waals surface area contributed by atoms with Gasteiger partial charge in [-0.15, -0.1) is 0 Å². The summed E-state index contributed by atoms with van der Waals surface area (Å²) in [7, 11) is 0. The maximum Gasteiger partial charge on any atom is 0.227 e. The molecule has 0 aliphatic carbocycles. The molecular weight excluding hydrogens is 368 g/mol. The van der Waals surface area contributed by atoms with Crippen LogP contribution in [0.5, 0.6) is 5.75 Å². The zero-order chi connectivity index (χ0) is 19.8. The number of ether oxygens (including phenoxy) is 2. The molecule has 2 bridgehead atoms. The van der Waals surface area contributed by atoms with E-state index in [1.807, 2.05) is 12.1 Å². The smallest absolute Gasteiger partial charge is 0.227 e. The molecule has 158 valence electrons. The van der Waals surface area contributed by atoms with Crippen molar-refractivity contribution in [3.63, 3.8) is 0 Å². The second-order valence-corrected chi connectivity index (χ2v) is 9.40. The van der Waals surface area contributed by atoms with Gasteiger partial charge in [-0.25, -0.2) is 0 Å². The fourth-order valence-corrected chi connectivity index (χ4v) is 6.04. The predicted octanol–water partition coefficient (Wildman–Crippen LogP) is 2.20. The van der Waals surface area contributed by atoms with E-state index in [9.17, 15) is 9.90 Å². The van der Waals surface area contributed by atoms with Crippen LogP contribution >= 0.6 is 0 Å². The SMILES string of the molecule is O=C(Cc1ccccc1O)N1[C@@H]2CC[C@H]1CC1(C2)CN(CC2CCOC2)CCO1. The molecule has 2 unspecified atom stereocenters. The molecule has 4 atom stereocenters. The number of carbonyl (C=O) groups is 1. The third-order valence-electron chi connectivity index (χ3n) is 7.32. The number of phenolic OH excluding ortho intramolecular Hbond substituents is 1. The quantitative estimate of drug-likeness (QED) is 0.840. The zero-order valence-electron chi connectivity index (χ0n) is 17.1. The fourth-order valence-electron chi connectivity index (χ4n) is 6.04. The largest absolute Gasteiger partial charge is 0.508 e. The van der Waals surface area contributed by atoms with Crippen molar-refractivity contribution in [1.29, 1.82) is 0 Å². The Labute approximate surface area is 172 Å². The Morgan fingerprint density at radius 3 is 2.66 bits per heavy atom. The number of rotatable bonds is 4. The van der Waals surface area contributed by atoms with Gasteiger partial charge >= 0.3 is 0 Å². The normalized spacial score (nSPS) is 34.8. The highest BCUT2D eigenvalue weighted by molar-refractivity contribution is 5.80. The van der Waals surface area contributed by atoms with Crippen LogP contribution in [0.4, 0.5) is 0 Å². The van der Waals surface area contributed by atoms with Crippen molar-refractivity contribution in [1.82, 2.24) is 9.80 Å². The summed E-state index contributed by atoms with van der Waals surface area (Å²) in [5.41, 5.74) is 0.617. The molecule has 4 fully saturated rings. The van der Waals surface area contributed by atoms with Gasteiger partial charge in [0.15, 0.2) is 0 Å². The topological polar surface area (TPSA) is 62.2 Å². The van der Waals surface area contributed by atoms with Gasteiger partial charge in [0, 0.05) is 43.9 Å². The number of nitrogens with zero attached hydrogens (tertiary/aromatic N) is 2. The summed E-state index contributed by atoms with van der Waals surface area (Å²) in [6, 6.07) is 7.70. The van der Waals surface area contributed by atoms with Crippen molar-refractivity contribution in [3.05, 3.63) is 29.8 Å². The van der Waals surface area contributed by atoms with Crippen LogP contribution in [0, 0.1) is 5.92 Å². The van der Waals surface area contributed by atoms with Crippen LogP contribution in [0.15, 0.2) is 24.3 Å². The number of hydrogen-bond acceptors (Lipinski definition) is 5. The van der Waals surface area contributed by atoms with Crippen LogP contribution in [-0.2, 0) is 20.7 Å². The number of fused-ring (bicyclic) bond motifs is 2. The first-order valence-electron chi connectivity index (χ1n) is 11.1. The molecule has 0 radical (unpaired) electrons. The van der Waals surface area contributed by atoms with Crippen molar-refractivity contribution in [2.45, 2.75) is 56.2 Å². The van der Waals surface area contributed by atoms with Gasteiger partial charge in [0.1, 0.15) is 5.75 Å². The van der Waals surface area contributed by atoms with Gasteiger partial charge in [-0.2, -0.15) is 0 Å². The summed E-state index contributed by atoms with van der Waals surface area (Å²) < 4.78 is 12.0. The maximum absolute atomic E-state index is 13.1. The molecule has 6 heteroatoms. The average molecular weight is 401 g/mol. The van der Waals surface area contributed by atoms with Crippen molar-refractivity contribution in [3.8, 4) is 5.75 Å². The fraction of sp³-hybridized carbons (Fsp3) is 0.696. The predicted molar refractivity (Wildman–Crippen MR) is 109 cm³/mol. The summed E-state index contributed by atoms with van der Waals surface area (Å²) in [5, 5.41) is 10.0. The van der Waals surface area contributed by atoms with Gasteiger partial charge in [0.25, 0.3) is 0 Å². The Morgan fingerprint density at radius 2 is 1.93 bits per heavy atom. The minimum Gasteiger partial charge on any atom is -0.508 e. The second kappa shape index (κ2) is 7.89. The molecule has 6 nitrogen and oxygen atoms in total. The van der Waals surface area contributed by atoms with E-state index in [2.05, 4.69) is 9.80 Å². The first-order chi connectivity index (χ1) is 14.1. The van der Waals surface area contributed by atoms with Gasteiger partial charge in [0.2, 0.25) is 5.91 Å². The molecule has 1 N–H and O–H groups in total. The molecule has 1 spiro atoms. The molecule has 0 saturated carbocycles.